The van der Waals surface area contributed by atoms with Gasteiger partial charge in [-0.05, 0) is 56.2 Å². The first-order chi connectivity index (χ1) is 16.9. The molecule has 3 aromatic heterocycles. The van der Waals surface area contributed by atoms with Crippen molar-refractivity contribution in [3.8, 4) is 0 Å². The average Bonchev–Trinajstić information content (AvgIpc) is 3.42. The Labute approximate surface area is 209 Å². The molecule has 0 saturated heterocycles. The van der Waals surface area contributed by atoms with E-state index in [-0.39, 0.29) is 11.9 Å². The molecule has 178 valence electrons. The van der Waals surface area contributed by atoms with Crippen LogP contribution >= 0.6 is 23.1 Å². The van der Waals surface area contributed by atoms with Crippen LogP contribution in [0, 0.1) is 13.8 Å². The fourth-order valence-electron chi connectivity index (χ4n) is 3.96. The largest absolute Gasteiger partial charge is 0.462 e. The zero-order valence-corrected chi connectivity index (χ0v) is 21.1. The van der Waals surface area contributed by atoms with Crippen molar-refractivity contribution in [2.45, 2.75) is 32.3 Å². The van der Waals surface area contributed by atoms with Crippen molar-refractivity contribution in [1.82, 2.24) is 19.6 Å². The van der Waals surface area contributed by atoms with Gasteiger partial charge in [0.1, 0.15) is 0 Å². The standard InChI is InChI=1S/C25H23N5O3S2/c1-4-33-23(32)16-8-9-18-19(13-16)35-24(26-18)27-21(31)10-11-34-25-29-28-20-12-15(3)17-7-5-6-14(2)22(17)30(20)25/h5-9,12-13H,4,10-11H2,1-3H3,(H,26,27,31). The van der Waals surface area contributed by atoms with Crippen LogP contribution in [0.2, 0.25) is 0 Å². The Hall–Kier alpha value is -3.50. The predicted molar refractivity (Wildman–Crippen MR) is 140 cm³/mol. The molecular formula is C25H23N5O3S2. The summed E-state index contributed by atoms with van der Waals surface area (Å²) in [5.41, 5.74) is 5.39. The lowest BCUT2D eigenvalue weighted by Crippen LogP contribution is -2.12. The van der Waals surface area contributed by atoms with Crippen molar-refractivity contribution < 1.29 is 14.3 Å². The molecule has 1 N–H and O–H groups in total. The number of nitrogens with zero attached hydrogens (tertiary/aromatic N) is 4. The molecule has 1 amide bonds. The number of amides is 1. The van der Waals surface area contributed by atoms with Crippen molar-refractivity contribution in [3.63, 3.8) is 0 Å². The molecule has 5 rings (SSSR count). The third-order valence-corrected chi connectivity index (χ3v) is 7.46. The van der Waals surface area contributed by atoms with E-state index in [4.69, 9.17) is 4.74 Å². The van der Waals surface area contributed by atoms with Crippen molar-refractivity contribution in [2.75, 3.05) is 17.7 Å². The Morgan fingerprint density at radius 1 is 1.11 bits per heavy atom. The van der Waals surface area contributed by atoms with E-state index in [0.29, 0.717) is 29.5 Å². The maximum Gasteiger partial charge on any atom is 0.338 e. The van der Waals surface area contributed by atoms with Gasteiger partial charge in [0.05, 0.1) is 27.9 Å². The van der Waals surface area contributed by atoms with Gasteiger partial charge in [-0.15, -0.1) is 10.2 Å². The van der Waals surface area contributed by atoms with Crippen LogP contribution in [0.3, 0.4) is 0 Å². The molecule has 0 fully saturated rings. The third kappa shape index (κ3) is 4.59. The minimum atomic E-state index is -0.371. The number of thiazole rings is 1. The second-order valence-corrected chi connectivity index (χ2v) is 10.1. The molecule has 5 aromatic rings. The molecule has 10 heteroatoms. The van der Waals surface area contributed by atoms with E-state index in [2.05, 4.69) is 56.9 Å². The fourth-order valence-corrected chi connectivity index (χ4v) is 5.76. The van der Waals surface area contributed by atoms with Crippen LogP contribution in [0.15, 0.2) is 47.6 Å². The monoisotopic (exact) mass is 505 g/mol. The van der Waals surface area contributed by atoms with Gasteiger partial charge in [-0.25, -0.2) is 9.78 Å². The van der Waals surface area contributed by atoms with E-state index >= 15 is 0 Å². The smallest absolute Gasteiger partial charge is 0.338 e. The summed E-state index contributed by atoms with van der Waals surface area (Å²) in [5.74, 6) is 0.0450. The van der Waals surface area contributed by atoms with Crippen molar-refractivity contribution in [1.29, 1.82) is 0 Å². The van der Waals surface area contributed by atoms with E-state index in [1.165, 1.54) is 28.5 Å². The van der Waals surface area contributed by atoms with Crippen LogP contribution in [-0.4, -0.2) is 43.8 Å². The maximum atomic E-state index is 12.6. The number of esters is 1. The quantitative estimate of drug-likeness (QED) is 0.233. The number of para-hydroxylation sites is 1. The SMILES string of the molecule is CCOC(=O)c1ccc2nc(NC(=O)CCSc3nnc4cc(C)c5cccc(C)c5n34)sc2c1. The highest BCUT2D eigenvalue weighted by atomic mass is 32.2. The molecule has 0 spiro atoms. The summed E-state index contributed by atoms with van der Waals surface area (Å²) in [6.07, 6.45) is 0.298. The van der Waals surface area contributed by atoms with Crippen molar-refractivity contribution >= 4 is 66.9 Å². The number of hydrogen-bond donors (Lipinski definition) is 1. The predicted octanol–water partition coefficient (Wildman–Crippen LogP) is 5.41. The second-order valence-electron chi connectivity index (χ2n) is 8.04. The summed E-state index contributed by atoms with van der Waals surface area (Å²) in [4.78, 5) is 29.0. The van der Waals surface area contributed by atoms with E-state index in [0.717, 1.165) is 37.7 Å². The summed E-state index contributed by atoms with van der Waals surface area (Å²) in [5, 5.41) is 14.0. The highest BCUT2D eigenvalue weighted by Gasteiger charge is 2.15. The molecule has 0 saturated carbocycles. The summed E-state index contributed by atoms with van der Waals surface area (Å²) in [6, 6.07) is 13.4. The summed E-state index contributed by atoms with van der Waals surface area (Å²) >= 11 is 2.83. The number of anilines is 1. The van der Waals surface area contributed by atoms with Crippen LogP contribution in [0.4, 0.5) is 5.13 Å². The Balaban J connectivity index is 1.27. The van der Waals surface area contributed by atoms with Gasteiger partial charge >= 0.3 is 5.97 Å². The van der Waals surface area contributed by atoms with Crippen LogP contribution < -0.4 is 5.32 Å². The van der Waals surface area contributed by atoms with Gasteiger partial charge in [0.2, 0.25) is 5.91 Å². The van der Waals surface area contributed by atoms with Crippen LogP contribution in [0.25, 0.3) is 26.8 Å². The highest BCUT2D eigenvalue weighted by Crippen LogP contribution is 2.29. The number of carbonyl (C=O) groups is 2. The van der Waals surface area contributed by atoms with Gasteiger partial charge < -0.3 is 10.1 Å². The van der Waals surface area contributed by atoms with Gasteiger partial charge in [0, 0.05) is 17.6 Å². The van der Waals surface area contributed by atoms with Crippen molar-refractivity contribution in [2.24, 2.45) is 0 Å². The zero-order chi connectivity index (χ0) is 24.5. The lowest BCUT2D eigenvalue weighted by atomic mass is 10.1. The number of thioether (sulfide) groups is 1. The van der Waals surface area contributed by atoms with Crippen LogP contribution in [0.1, 0.15) is 34.8 Å². The van der Waals surface area contributed by atoms with Gasteiger partial charge in [0.25, 0.3) is 0 Å². The van der Waals surface area contributed by atoms with Gasteiger partial charge in [-0.1, -0.05) is 41.3 Å². The second kappa shape index (κ2) is 9.63. The number of benzene rings is 2. The third-order valence-electron chi connectivity index (χ3n) is 5.60. The molecule has 0 aliphatic heterocycles. The van der Waals surface area contributed by atoms with Gasteiger partial charge in [-0.3, -0.25) is 9.20 Å². The molecular weight excluding hydrogens is 482 g/mol. The highest BCUT2D eigenvalue weighted by molar-refractivity contribution is 7.99. The van der Waals surface area contributed by atoms with Gasteiger partial charge in [-0.2, -0.15) is 0 Å². The zero-order valence-electron chi connectivity index (χ0n) is 19.5. The minimum Gasteiger partial charge on any atom is -0.462 e. The molecule has 0 radical (unpaired) electrons. The molecule has 3 heterocycles. The molecule has 8 nitrogen and oxygen atoms in total. The molecule has 35 heavy (non-hydrogen) atoms. The van der Waals surface area contributed by atoms with Gasteiger partial charge in [0.15, 0.2) is 15.9 Å². The van der Waals surface area contributed by atoms with Crippen molar-refractivity contribution in [3.05, 3.63) is 59.2 Å². The molecule has 0 aliphatic carbocycles. The topological polar surface area (TPSA) is 98.5 Å². The number of carbonyl (C=O) groups excluding carboxylic acids is 2. The number of hydrogen-bond acceptors (Lipinski definition) is 8. The first kappa shape index (κ1) is 23.3. The fraction of sp³-hybridized carbons (Fsp3) is 0.240. The van der Waals surface area contributed by atoms with Crippen LogP contribution in [0.5, 0.6) is 0 Å². The van der Waals surface area contributed by atoms with Crippen LogP contribution in [-0.2, 0) is 9.53 Å². The number of nitrogens with one attached hydrogen (secondary N) is 1. The Kier molecular flexibility index (Phi) is 6.40. The molecule has 2 aromatic carbocycles. The van der Waals surface area contributed by atoms with E-state index in [1.54, 1.807) is 25.1 Å². The Bertz CT molecular complexity index is 1590. The Morgan fingerprint density at radius 3 is 2.80 bits per heavy atom. The van der Waals surface area contributed by atoms with E-state index in [1.807, 2.05) is 6.07 Å². The molecule has 0 aliphatic rings. The summed E-state index contributed by atoms with van der Waals surface area (Å²) in [7, 11) is 0. The number of rotatable bonds is 7. The number of ether oxygens (including phenoxy) is 1. The number of aryl methyl sites for hydroxylation is 2. The lowest BCUT2D eigenvalue weighted by molar-refractivity contribution is -0.115. The number of pyridine rings is 1. The summed E-state index contributed by atoms with van der Waals surface area (Å²) < 4.78 is 7.92. The van der Waals surface area contributed by atoms with E-state index < -0.39 is 0 Å². The molecule has 0 unspecified atom stereocenters. The maximum absolute atomic E-state index is 12.6. The number of aromatic nitrogens is 4. The summed E-state index contributed by atoms with van der Waals surface area (Å²) in [6.45, 7) is 6.24. The molecule has 0 bridgehead atoms. The van der Waals surface area contributed by atoms with E-state index in [9.17, 15) is 9.59 Å². The first-order valence-electron chi connectivity index (χ1n) is 11.2. The Morgan fingerprint density at radius 2 is 1.97 bits per heavy atom. The minimum absolute atomic E-state index is 0.132. The molecule has 0 atom stereocenters. The normalized spacial score (nSPS) is 11.4. The number of fused-ring (bicyclic) bond motifs is 4. The lowest BCUT2D eigenvalue weighted by Gasteiger charge is -2.09. The first-order valence-corrected chi connectivity index (χ1v) is 13.0. The average molecular weight is 506 g/mol.